The summed E-state index contributed by atoms with van der Waals surface area (Å²) < 4.78 is 40.2. The zero-order valence-corrected chi connectivity index (χ0v) is 15.4. The molecule has 0 unspecified atom stereocenters. The number of alkyl halides is 3. The molecule has 2 N–H and O–H groups in total. The summed E-state index contributed by atoms with van der Waals surface area (Å²) >= 11 is 5.56. The van der Waals surface area contributed by atoms with Crippen LogP contribution in [-0.2, 0) is 18.0 Å². The van der Waals surface area contributed by atoms with Crippen LogP contribution in [0.15, 0.2) is 53.3 Å². The Morgan fingerprint density at radius 1 is 1.07 bits per heavy atom. The van der Waals surface area contributed by atoms with Gasteiger partial charge in [0.1, 0.15) is 0 Å². The molecular formula is C19H15ClF3N3O2. The number of pyridine rings is 1. The van der Waals surface area contributed by atoms with Gasteiger partial charge in [0.15, 0.2) is 0 Å². The Labute approximate surface area is 162 Å². The van der Waals surface area contributed by atoms with E-state index in [1.165, 1.54) is 16.7 Å². The van der Waals surface area contributed by atoms with Crippen LogP contribution in [0.25, 0.3) is 10.9 Å². The fourth-order valence-electron chi connectivity index (χ4n) is 2.68. The highest BCUT2D eigenvalue weighted by Crippen LogP contribution is 2.36. The average Bonchev–Trinajstić information content (AvgIpc) is 2.64. The molecule has 3 aromatic rings. The Bertz CT molecular complexity index is 1110. The smallest absolute Gasteiger partial charge is 0.376 e. The average molecular weight is 410 g/mol. The van der Waals surface area contributed by atoms with Crippen molar-refractivity contribution in [2.45, 2.75) is 6.18 Å². The molecule has 0 bridgehead atoms. The lowest BCUT2D eigenvalue weighted by Crippen LogP contribution is -2.22. The van der Waals surface area contributed by atoms with Crippen LogP contribution in [0.4, 0.5) is 24.5 Å². The highest BCUT2D eigenvalue weighted by atomic mass is 35.5. The zero-order chi connectivity index (χ0) is 20.5. The third kappa shape index (κ3) is 4.28. The standard InChI is InChI=1S/C19H15ClF3N3O2/c1-26-16-9-12(4-2-11(16)3-7-18(26)28)24-10-17(27)25-13-5-6-15(20)14(8-13)19(21,22)23/h2-9,24H,10H2,1H3,(H,25,27). The normalized spacial score (nSPS) is 11.5. The number of fused-ring (bicyclic) bond motifs is 1. The maximum Gasteiger partial charge on any atom is 0.417 e. The van der Waals surface area contributed by atoms with E-state index in [0.717, 1.165) is 17.5 Å². The van der Waals surface area contributed by atoms with Crippen LogP contribution in [0, 0.1) is 0 Å². The molecule has 1 heterocycles. The van der Waals surface area contributed by atoms with Gasteiger partial charge in [0.2, 0.25) is 5.91 Å². The highest BCUT2D eigenvalue weighted by Gasteiger charge is 2.33. The predicted molar refractivity (Wildman–Crippen MR) is 103 cm³/mol. The van der Waals surface area contributed by atoms with Crippen LogP contribution in [-0.4, -0.2) is 17.0 Å². The Morgan fingerprint density at radius 2 is 1.75 bits per heavy atom. The van der Waals surface area contributed by atoms with Crippen molar-refractivity contribution in [3.63, 3.8) is 0 Å². The molecule has 28 heavy (non-hydrogen) atoms. The number of halogens is 4. The van der Waals surface area contributed by atoms with Gasteiger partial charge < -0.3 is 15.2 Å². The topological polar surface area (TPSA) is 63.1 Å². The van der Waals surface area contributed by atoms with Gasteiger partial charge in [0.25, 0.3) is 5.56 Å². The number of rotatable bonds is 4. The number of aryl methyl sites for hydroxylation is 1. The number of hydrogen-bond acceptors (Lipinski definition) is 3. The molecule has 0 saturated heterocycles. The van der Waals surface area contributed by atoms with E-state index in [2.05, 4.69) is 10.6 Å². The van der Waals surface area contributed by atoms with Crippen LogP contribution in [0.1, 0.15) is 5.56 Å². The van der Waals surface area contributed by atoms with E-state index >= 15 is 0 Å². The quantitative estimate of drug-likeness (QED) is 0.676. The van der Waals surface area contributed by atoms with Crippen LogP contribution < -0.4 is 16.2 Å². The van der Waals surface area contributed by atoms with Gasteiger partial charge in [0, 0.05) is 24.5 Å². The maximum atomic E-state index is 12.9. The van der Waals surface area contributed by atoms with Crippen LogP contribution in [0.3, 0.4) is 0 Å². The van der Waals surface area contributed by atoms with Crippen molar-refractivity contribution in [2.24, 2.45) is 7.05 Å². The van der Waals surface area contributed by atoms with Crippen LogP contribution in [0.2, 0.25) is 5.02 Å². The predicted octanol–water partition coefficient (Wildman–Crippen LogP) is 4.26. The number of nitrogens with one attached hydrogen (secondary N) is 2. The first kappa shape index (κ1) is 19.8. The number of anilines is 2. The summed E-state index contributed by atoms with van der Waals surface area (Å²) in [4.78, 5) is 23.8. The number of nitrogens with zero attached hydrogens (tertiary/aromatic N) is 1. The number of benzene rings is 2. The van der Waals surface area contributed by atoms with Crippen molar-refractivity contribution in [1.29, 1.82) is 0 Å². The third-order valence-corrected chi connectivity index (χ3v) is 4.47. The summed E-state index contributed by atoms with van der Waals surface area (Å²) in [5.74, 6) is -0.530. The lowest BCUT2D eigenvalue weighted by molar-refractivity contribution is -0.137. The molecule has 0 saturated carbocycles. The van der Waals surface area contributed by atoms with Crippen molar-refractivity contribution >= 4 is 39.8 Å². The zero-order valence-electron chi connectivity index (χ0n) is 14.6. The molecule has 0 aliphatic rings. The van der Waals surface area contributed by atoms with Crippen molar-refractivity contribution in [1.82, 2.24) is 4.57 Å². The molecule has 0 fully saturated rings. The van der Waals surface area contributed by atoms with Gasteiger partial charge in [-0.15, -0.1) is 0 Å². The lowest BCUT2D eigenvalue weighted by atomic mass is 10.2. The van der Waals surface area contributed by atoms with E-state index in [4.69, 9.17) is 11.6 Å². The van der Waals surface area contributed by atoms with Gasteiger partial charge >= 0.3 is 6.18 Å². The minimum absolute atomic E-state index is 0.00978. The molecule has 3 rings (SSSR count). The fourth-order valence-corrected chi connectivity index (χ4v) is 2.91. The number of carbonyl (C=O) groups excluding carboxylic acids is 1. The molecule has 0 atom stereocenters. The van der Waals surface area contributed by atoms with E-state index in [0.29, 0.717) is 11.2 Å². The van der Waals surface area contributed by atoms with Crippen molar-refractivity contribution in [3.05, 3.63) is 69.5 Å². The molecule has 9 heteroatoms. The summed E-state index contributed by atoms with van der Waals surface area (Å²) in [6, 6.07) is 11.6. The second-order valence-corrected chi connectivity index (χ2v) is 6.51. The van der Waals surface area contributed by atoms with E-state index in [-0.39, 0.29) is 17.8 Å². The Hall–Kier alpha value is -3.00. The first-order chi connectivity index (χ1) is 13.1. The second kappa shape index (κ2) is 7.55. The molecular weight excluding hydrogens is 395 g/mol. The molecule has 1 amide bonds. The van der Waals surface area contributed by atoms with Gasteiger partial charge in [-0.3, -0.25) is 9.59 Å². The van der Waals surface area contributed by atoms with Crippen LogP contribution >= 0.6 is 11.6 Å². The van der Waals surface area contributed by atoms with Gasteiger partial charge in [0.05, 0.1) is 22.6 Å². The number of hydrogen-bond donors (Lipinski definition) is 2. The number of amides is 1. The summed E-state index contributed by atoms with van der Waals surface area (Å²) in [5, 5.41) is 5.70. The van der Waals surface area contributed by atoms with Gasteiger partial charge in [-0.1, -0.05) is 17.7 Å². The molecule has 0 aliphatic heterocycles. The molecule has 0 radical (unpaired) electrons. The molecule has 0 spiro atoms. The highest BCUT2D eigenvalue weighted by molar-refractivity contribution is 6.31. The Morgan fingerprint density at radius 3 is 2.46 bits per heavy atom. The van der Waals surface area contributed by atoms with Gasteiger partial charge in [-0.05, 0) is 41.8 Å². The summed E-state index contributed by atoms with van der Waals surface area (Å²) in [7, 11) is 1.64. The first-order valence-corrected chi connectivity index (χ1v) is 8.53. The first-order valence-electron chi connectivity index (χ1n) is 8.15. The molecule has 0 aliphatic carbocycles. The minimum atomic E-state index is -4.61. The Balaban J connectivity index is 1.70. The summed E-state index contributed by atoms with van der Waals surface area (Å²) in [6.45, 7) is -0.170. The van der Waals surface area contributed by atoms with E-state index < -0.39 is 22.7 Å². The molecule has 146 valence electrons. The third-order valence-electron chi connectivity index (χ3n) is 4.14. The molecule has 2 aromatic carbocycles. The van der Waals surface area contributed by atoms with Crippen LogP contribution in [0.5, 0.6) is 0 Å². The number of aromatic nitrogens is 1. The van der Waals surface area contributed by atoms with E-state index in [1.807, 2.05) is 0 Å². The van der Waals surface area contributed by atoms with Crippen molar-refractivity contribution in [3.8, 4) is 0 Å². The fraction of sp³-hybridized carbons (Fsp3) is 0.158. The minimum Gasteiger partial charge on any atom is -0.376 e. The number of carbonyl (C=O) groups is 1. The second-order valence-electron chi connectivity index (χ2n) is 6.10. The monoisotopic (exact) mass is 409 g/mol. The Kier molecular flexibility index (Phi) is 5.33. The van der Waals surface area contributed by atoms with Crippen molar-refractivity contribution < 1.29 is 18.0 Å². The van der Waals surface area contributed by atoms with Gasteiger partial charge in [-0.25, -0.2) is 0 Å². The molecule has 5 nitrogen and oxygen atoms in total. The summed E-state index contributed by atoms with van der Waals surface area (Å²) in [5.41, 5.74) is 0.0896. The molecule has 1 aromatic heterocycles. The van der Waals surface area contributed by atoms with E-state index in [9.17, 15) is 22.8 Å². The van der Waals surface area contributed by atoms with Crippen molar-refractivity contribution in [2.75, 3.05) is 17.2 Å². The maximum absolute atomic E-state index is 12.9. The largest absolute Gasteiger partial charge is 0.417 e. The van der Waals surface area contributed by atoms with Gasteiger partial charge in [-0.2, -0.15) is 13.2 Å². The lowest BCUT2D eigenvalue weighted by Gasteiger charge is -2.13. The summed E-state index contributed by atoms with van der Waals surface area (Å²) in [6.07, 6.45) is -4.61. The SMILES string of the molecule is Cn1c(=O)ccc2ccc(NCC(=O)Nc3ccc(Cl)c(C(F)(F)F)c3)cc21. The van der Waals surface area contributed by atoms with E-state index in [1.54, 1.807) is 31.3 Å².